The Balaban J connectivity index is 2.77. The molecule has 1 rings (SSSR count). The smallest absolute Gasteiger partial charge is 0.226 e. The molecule has 0 aromatic rings. The number of hydrogen-bond acceptors (Lipinski definition) is 1. The lowest BCUT2D eigenvalue weighted by Crippen LogP contribution is -2.52. The summed E-state index contributed by atoms with van der Waals surface area (Å²) in [4.78, 5) is 14.2. The highest BCUT2D eigenvalue weighted by atomic mass is 16.2. The molecule has 0 N–H and O–H groups in total. The first kappa shape index (κ1) is 11.5. The second kappa shape index (κ2) is 3.92. The van der Waals surface area contributed by atoms with Crippen LogP contribution in [-0.2, 0) is 4.79 Å². The van der Waals surface area contributed by atoms with Crippen molar-refractivity contribution < 1.29 is 4.79 Å². The van der Waals surface area contributed by atoms with Crippen LogP contribution in [0.2, 0.25) is 0 Å². The van der Waals surface area contributed by atoms with Gasteiger partial charge in [-0.2, -0.15) is 0 Å². The first-order valence-corrected chi connectivity index (χ1v) is 5.65. The normalized spacial score (nSPS) is 24.6. The molecule has 0 aromatic heterocycles. The molecule has 0 aromatic carbocycles. The van der Waals surface area contributed by atoms with Gasteiger partial charge in [0.2, 0.25) is 5.91 Å². The van der Waals surface area contributed by atoms with Crippen molar-refractivity contribution >= 4 is 5.91 Å². The molecule has 1 saturated heterocycles. The molecule has 0 radical (unpaired) electrons. The van der Waals surface area contributed by atoms with Gasteiger partial charge < -0.3 is 4.90 Å². The number of piperidine rings is 1. The van der Waals surface area contributed by atoms with E-state index in [1.807, 2.05) is 4.90 Å². The third kappa shape index (κ3) is 2.28. The Morgan fingerprint density at radius 3 is 2.36 bits per heavy atom. The van der Waals surface area contributed by atoms with Gasteiger partial charge in [0.1, 0.15) is 0 Å². The second-order valence-electron chi connectivity index (χ2n) is 5.65. The monoisotopic (exact) mass is 197 g/mol. The summed E-state index contributed by atoms with van der Waals surface area (Å²) in [6.07, 6.45) is 2.23. The van der Waals surface area contributed by atoms with Gasteiger partial charge in [0, 0.05) is 18.0 Å². The van der Waals surface area contributed by atoms with Crippen molar-refractivity contribution in [2.24, 2.45) is 11.8 Å². The third-order valence-corrected chi connectivity index (χ3v) is 3.09. The van der Waals surface area contributed by atoms with E-state index in [2.05, 4.69) is 34.6 Å². The molecule has 1 amide bonds. The fourth-order valence-electron chi connectivity index (χ4n) is 2.19. The predicted molar refractivity (Wildman–Crippen MR) is 59.0 cm³/mol. The van der Waals surface area contributed by atoms with Crippen molar-refractivity contribution in [3.8, 4) is 0 Å². The van der Waals surface area contributed by atoms with Gasteiger partial charge in [-0.05, 0) is 39.5 Å². The second-order valence-corrected chi connectivity index (χ2v) is 5.65. The fraction of sp³-hybridized carbons (Fsp3) is 0.917. The largest absolute Gasteiger partial charge is 0.338 e. The molecule has 0 saturated carbocycles. The molecular weight excluding hydrogens is 174 g/mol. The molecule has 1 unspecified atom stereocenters. The minimum Gasteiger partial charge on any atom is -0.338 e. The zero-order valence-corrected chi connectivity index (χ0v) is 10.1. The minimum absolute atomic E-state index is 0.00928. The van der Waals surface area contributed by atoms with Gasteiger partial charge in [-0.3, -0.25) is 4.79 Å². The Kier molecular flexibility index (Phi) is 3.23. The van der Waals surface area contributed by atoms with Crippen LogP contribution in [0.5, 0.6) is 0 Å². The van der Waals surface area contributed by atoms with Crippen LogP contribution in [-0.4, -0.2) is 22.9 Å². The van der Waals surface area contributed by atoms with Crippen LogP contribution in [0.1, 0.15) is 47.5 Å². The van der Waals surface area contributed by atoms with Gasteiger partial charge in [0.15, 0.2) is 0 Å². The highest BCUT2D eigenvalue weighted by molar-refractivity contribution is 5.80. The maximum atomic E-state index is 12.1. The summed E-state index contributed by atoms with van der Waals surface area (Å²) < 4.78 is 0. The number of likely N-dealkylation sites (tertiary alicyclic amines) is 1. The number of carbonyl (C=O) groups excluding carboxylic acids is 1. The van der Waals surface area contributed by atoms with Crippen LogP contribution >= 0.6 is 0 Å². The minimum atomic E-state index is -0.00928. The van der Waals surface area contributed by atoms with Crippen LogP contribution in [0.4, 0.5) is 0 Å². The fourth-order valence-corrected chi connectivity index (χ4v) is 2.19. The average Bonchev–Trinajstić information content (AvgIpc) is 2.01. The number of amides is 1. The molecule has 1 atom stereocenters. The van der Waals surface area contributed by atoms with Gasteiger partial charge in [0.25, 0.3) is 0 Å². The summed E-state index contributed by atoms with van der Waals surface area (Å²) in [5.41, 5.74) is -0.00928. The highest BCUT2D eigenvalue weighted by Crippen LogP contribution is 2.29. The molecule has 0 spiro atoms. The Morgan fingerprint density at radius 1 is 1.36 bits per heavy atom. The molecule has 0 aliphatic carbocycles. The molecule has 1 aliphatic rings. The molecule has 1 heterocycles. The first-order chi connectivity index (χ1) is 6.34. The van der Waals surface area contributed by atoms with Gasteiger partial charge in [0.05, 0.1) is 0 Å². The van der Waals surface area contributed by atoms with E-state index in [-0.39, 0.29) is 11.5 Å². The van der Waals surface area contributed by atoms with Crippen LogP contribution < -0.4 is 0 Å². The predicted octanol–water partition coefficient (Wildman–Crippen LogP) is 2.68. The van der Waals surface area contributed by atoms with Crippen molar-refractivity contribution in [1.29, 1.82) is 0 Å². The first-order valence-electron chi connectivity index (χ1n) is 5.65. The summed E-state index contributed by atoms with van der Waals surface area (Å²) in [5, 5.41) is 0. The Labute approximate surface area is 87.7 Å². The van der Waals surface area contributed by atoms with E-state index in [1.54, 1.807) is 0 Å². The molecule has 2 heteroatoms. The highest BCUT2D eigenvalue weighted by Gasteiger charge is 2.35. The van der Waals surface area contributed by atoms with E-state index in [9.17, 15) is 4.79 Å². The van der Waals surface area contributed by atoms with E-state index in [1.165, 1.54) is 0 Å². The van der Waals surface area contributed by atoms with Gasteiger partial charge in [-0.15, -0.1) is 0 Å². The molecule has 2 nitrogen and oxygen atoms in total. The zero-order chi connectivity index (χ0) is 10.9. The number of carbonyl (C=O) groups is 1. The van der Waals surface area contributed by atoms with E-state index < -0.39 is 0 Å². The standard InChI is InChI=1S/C12H23NO/c1-9(2)10-7-6-8-13(11(10)14)12(3,4)5/h9-10H,6-8H2,1-5H3. The number of rotatable bonds is 1. The van der Waals surface area contributed by atoms with Crippen LogP contribution in [0.3, 0.4) is 0 Å². The van der Waals surface area contributed by atoms with Crippen molar-refractivity contribution in [2.75, 3.05) is 6.54 Å². The number of hydrogen-bond donors (Lipinski definition) is 0. The summed E-state index contributed by atoms with van der Waals surface area (Å²) in [5.74, 6) is 1.09. The van der Waals surface area contributed by atoms with Gasteiger partial charge in [-0.25, -0.2) is 0 Å². The molecule has 82 valence electrons. The van der Waals surface area contributed by atoms with E-state index in [0.29, 0.717) is 11.8 Å². The lowest BCUT2D eigenvalue weighted by atomic mass is 9.85. The Hall–Kier alpha value is -0.530. The lowest BCUT2D eigenvalue weighted by molar-refractivity contribution is -0.145. The molecule has 0 bridgehead atoms. The average molecular weight is 197 g/mol. The van der Waals surface area contributed by atoms with Gasteiger partial charge in [-0.1, -0.05) is 13.8 Å². The maximum Gasteiger partial charge on any atom is 0.226 e. The summed E-state index contributed by atoms with van der Waals surface area (Å²) in [7, 11) is 0. The van der Waals surface area contributed by atoms with E-state index >= 15 is 0 Å². The summed E-state index contributed by atoms with van der Waals surface area (Å²) in [6, 6.07) is 0. The van der Waals surface area contributed by atoms with E-state index in [0.717, 1.165) is 19.4 Å². The summed E-state index contributed by atoms with van der Waals surface area (Å²) >= 11 is 0. The Bertz CT molecular complexity index is 215. The maximum absolute atomic E-state index is 12.1. The topological polar surface area (TPSA) is 20.3 Å². The summed E-state index contributed by atoms with van der Waals surface area (Å²) in [6.45, 7) is 11.6. The Morgan fingerprint density at radius 2 is 1.93 bits per heavy atom. The molecule has 1 fully saturated rings. The lowest BCUT2D eigenvalue weighted by Gasteiger charge is -2.42. The van der Waals surface area contributed by atoms with Crippen molar-refractivity contribution in [3.63, 3.8) is 0 Å². The van der Waals surface area contributed by atoms with Crippen molar-refractivity contribution in [3.05, 3.63) is 0 Å². The zero-order valence-electron chi connectivity index (χ0n) is 10.1. The third-order valence-electron chi connectivity index (χ3n) is 3.09. The van der Waals surface area contributed by atoms with E-state index in [4.69, 9.17) is 0 Å². The molecular formula is C12H23NO. The quantitative estimate of drug-likeness (QED) is 0.633. The molecule has 1 aliphatic heterocycles. The number of nitrogens with zero attached hydrogens (tertiary/aromatic N) is 1. The van der Waals surface area contributed by atoms with Gasteiger partial charge >= 0.3 is 0 Å². The SMILES string of the molecule is CC(C)C1CCCN(C(C)(C)C)C1=O. The van der Waals surface area contributed by atoms with Crippen LogP contribution in [0.25, 0.3) is 0 Å². The van der Waals surface area contributed by atoms with Crippen molar-refractivity contribution in [2.45, 2.75) is 53.0 Å². The molecule has 14 heavy (non-hydrogen) atoms. The van der Waals surface area contributed by atoms with Crippen molar-refractivity contribution in [1.82, 2.24) is 4.90 Å². The van der Waals surface area contributed by atoms with Crippen LogP contribution in [0, 0.1) is 11.8 Å². The van der Waals surface area contributed by atoms with Crippen LogP contribution in [0.15, 0.2) is 0 Å².